The van der Waals surface area contributed by atoms with Crippen molar-refractivity contribution in [3.05, 3.63) is 22.4 Å². The number of nitro groups is 1. The summed E-state index contributed by atoms with van der Waals surface area (Å²) in [6.07, 6.45) is 0.429. The third-order valence-electron chi connectivity index (χ3n) is 1.81. The molecule has 7 nitrogen and oxygen atoms in total. The van der Waals surface area contributed by atoms with E-state index in [1.54, 1.807) is 20.8 Å². The highest BCUT2D eigenvalue weighted by molar-refractivity contribution is 5.75. The molecule has 0 amide bonds. The van der Waals surface area contributed by atoms with Gasteiger partial charge in [-0.3, -0.25) is 0 Å². The van der Waals surface area contributed by atoms with E-state index in [0.717, 1.165) is 4.57 Å². The Bertz CT molecular complexity index is 444. The quantitative estimate of drug-likeness (QED) is 0.586. The van der Waals surface area contributed by atoms with Gasteiger partial charge in [0, 0.05) is 6.07 Å². The summed E-state index contributed by atoms with van der Waals surface area (Å²) in [6, 6.07) is 1.34. The monoisotopic (exact) mass is 242 g/mol. The standard InChI is InChI=1S/C10H14N2O5/c1-10(2,3)17-9(13)11-6-5-7(16-4)8(11)12(14)15/h5-6H,1-4H3. The number of carbonyl (C=O) groups is 1. The molecule has 0 unspecified atom stereocenters. The van der Waals surface area contributed by atoms with Gasteiger partial charge in [0.1, 0.15) is 11.8 Å². The largest absolute Gasteiger partial charge is 0.512 e. The molecule has 0 fully saturated rings. The lowest BCUT2D eigenvalue weighted by molar-refractivity contribution is -0.391. The Labute approximate surface area is 98.1 Å². The van der Waals surface area contributed by atoms with E-state index < -0.39 is 22.4 Å². The minimum atomic E-state index is -0.813. The molecule has 1 aromatic heterocycles. The smallest absolute Gasteiger partial charge is 0.489 e. The number of aromatic nitrogens is 1. The normalized spacial score (nSPS) is 11.1. The molecule has 7 heteroatoms. The Morgan fingerprint density at radius 2 is 2.06 bits per heavy atom. The fourth-order valence-electron chi connectivity index (χ4n) is 1.20. The van der Waals surface area contributed by atoms with E-state index in [1.807, 2.05) is 0 Å². The van der Waals surface area contributed by atoms with Crippen molar-refractivity contribution in [1.82, 2.24) is 4.57 Å². The van der Waals surface area contributed by atoms with E-state index in [1.165, 1.54) is 19.4 Å². The average Bonchev–Trinajstić information content (AvgIpc) is 2.57. The van der Waals surface area contributed by atoms with Gasteiger partial charge in [0.15, 0.2) is 0 Å². The zero-order valence-corrected chi connectivity index (χ0v) is 10.1. The molecule has 0 spiro atoms. The molecule has 0 saturated heterocycles. The summed E-state index contributed by atoms with van der Waals surface area (Å²) >= 11 is 0. The second kappa shape index (κ2) is 4.44. The molecule has 0 bridgehead atoms. The van der Waals surface area contributed by atoms with Crippen LogP contribution < -0.4 is 4.74 Å². The van der Waals surface area contributed by atoms with Gasteiger partial charge in [0.25, 0.3) is 0 Å². The van der Waals surface area contributed by atoms with Gasteiger partial charge in [-0.2, -0.15) is 4.79 Å². The van der Waals surface area contributed by atoms with Crippen LogP contribution >= 0.6 is 0 Å². The van der Waals surface area contributed by atoms with E-state index in [2.05, 4.69) is 0 Å². The third-order valence-corrected chi connectivity index (χ3v) is 1.81. The average molecular weight is 242 g/mol. The molecule has 0 aliphatic rings. The van der Waals surface area contributed by atoms with Crippen LogP contribution in [-0.4, -0.2) is 28.3 Å². The zero-order valence-electron chi connectivity index (χ0n) is 10.1. The lowest BCUT2D eigenvalue weighted by Gasteiger charge is -2.17. The number of carbonyl (C=O) groups excluding carboxylic acids is 1. The molecular formula is C10H14N2O5. The molecule has 1 aromatic rings. The Kier molecular flexibility index (Phi) is 3.40. The predicted molar refractivity (Wildman–Crippen MR) is 59.3 cm³/mol. The van der Waals surface area contributed by atoms with Crippen molar-refractivity contribution in [3.63, 3.8) is 0 Å². The number of hydrogen-bond acceptors (Lipinski definition) is 5. The van der Waals surface area contributed by atoms with Crippen LogP contribution in [0.2, 0.25) is 0 Å². The maximum atomic E-state index is 11.7. The number of ether oxygens (including phenoxy) is 2. The van der Waals surface area contributed by atoms with Crippen LogP contribution in [0.3, 0.4) is 0 Å². The molecule has 17 heavy (non-hydrogen) atoms. The highest BCUT2D eigenvalue weighted by atomic mass is 16.6. The van der Waals surface area contributed by atoms with Crippen molar-refractivity contribution in [2.45, 2.75) is 26.4 Å². The maximum Gasteiger partial charge on any atom is 0.512 e. The van der Waals surface area contributed by atoms with E-state index in [4.69, 9.17) is 9.47 Å². The van der Waals surface area contributed by atoms with Crippen molar-refractivity contribution >= 4 is 11.9 Å². The molecule has 1 heterocycles. The molecule has 0 aliphatic heterocycles. The number of nitrogens with zero attached hydrogens (tertiary/aromatic N) is 2. The van der Waals surface area contributed by atoms with Gasteiger partial charge in [-0.15, -0.1) is 4.57 Å². The Balaban J connectivity index is 3.10. The first-order valence-corrected chi connectivity index (χ1v) is 4.89. The van der Waals surface area contributed by atoms with Gasteiger partial charge >= 0.3 is 11.9 Å². The van der Waals surface area contributed by atoms with Crippen LogP contribution in [0.4, 0.5) is 10.6 Å². The van der Waals surface area contributed by atoms with Crippen LogP contribution in [0, 0.1) is 10.1 Å². The summed E-state index contributed by atoms with van der Waals surface area (Å²) in [5.74, 6) is -0.428. The van der Waals surface area contributed by atoms with E-state index in [9.17, 15) is 14.9 Å². The lowest BCUT2D eigenvalue weighted by atomic mass is 10.2. The van der Waals surface area contributed by atoms with Gasteiger partial charge in [0.2, 0.25) is 5.75 Å². The lowest BCUT2D eigenvalue weighted by Crippen LogP contribution is -2.27. The fourth-order valence-corrected chi connectivity index (χ4v) is 1.20. The SMILES string of the molecule is COc1ccn(C(=O)OC(C)(C)C)c1[N+](=O)[O-]. The summed E-state index contributed by atoms with van der Waals surface area (Å²) in [5, 5.41) is 10.8. The third kappa shape index (κ3) is 2.96. The van der Waals surface area contributed by atoms with Crippen molar-refractivity contribution in [2.75, 3.05) is 7.11 Å². The summed E-state index contributed by atoms with van der Waals surface area (Å²) in [4.78, 5) is 21.8. The fraction of sp³-hybridized carbons (Fsp3) is 0.500. The minimum absolute atomic E-state index is 0.0147. The molecule has 94 valence electrons. The van der Waals surface area contributed by atoms with Crippen molar-refractivity contribution < 1.29 is 19.2 Å². The van der Waals surface area contributed by atoms with Crippen molar-refractivity contribution in [1.29, 1.82) is 0 Å². The second-order valence-corrected chi connectivity index (χ2v) is 4.32. The van der Waals surface area contributed by atoms with Gasteiger partial charge in [-0.05, 0) is 25.7 Å². The highest BCUT2D eigenvalue weighted by Crippen LogP contribution is 2.28. The minimum Gasteiger partial charge on any atom is -0.489 e. The van der Waals surface area contributed by atoms with Crippen LogP contribution in [0.5, 0.6) is 5.75 Å². The summed E-state index contributed by atoms with van der Waals surface area (Å²) in [5.41, 5.74) is -0.720. The Morgan fingerprint density at radius 1 is 1.47 bits per heavy atom. The maximum absolute atomic E-state index is 11.7. The summed E-state index contributed by atoms with van der Waals surface area (Å²) in [6.45, 7) is 5.03. The number of hydrogen-bond donors (Lipinski definition) is 0. The molecular weight excluding hydrogens is 228 g/mol. The Morgan fingerprint density at radius 3 is 2.47 bits per heavy atom. The van der Waals surface area contributed by atoms with Crippen LogP contribution in [0.25, 0.3) is 0 Å². The highest BCUT2D eigenvalue weighted by Gasteiger charge is 2.30. The van der Waals surface area contributed by atoms with Crippen LogP contribution in [0.1, 0.15) is 20.8 Å². The number of rotatable bonds is 2. The molecule has 0 N–H and O–H groups in total. The molecule has 0 aromatic carbocycles. The molecule has 0 saturated carbocycles. The summed E-state index contributed by atoms with van der Waals surface area (Å²) < 4.78 is 10.6. The van der Waals surface area contributed by atoms with Crippen molar-refractivity contribution in [3.8, 4) is 5.75 Å². The van der Waals surface area contributed by atoms with E-state index in [0.29, 0.717) is 0 Å². The first-order valence-electron chi connectivity index (χ1n) is 4.89. The molecule has 0 aliphatic carbocycles. The van der Waals surface area contributed by atoms with Gasteiger partial charge in [-0.1, -0.05) is 0 Å². The van der Waals surface area contributed by atoms with Gasteiger partial charge in [0.05, 0.1) is 7.11 Å². The first-order chi connectivity index (χ1) is 7.76. The van der Waals surface area contributed by atoms with Crippen molar-refractivity contribution in [2.24, 2.45) is 0 Å². The Hall–Kier alpha value is -2.05. The number of methoxy groups -OCH3 is 1. The second-order valence-electron chi connectivity index (χ2n) is 4.32. The molecule has 1 rings (SSSR count). The topological polar surface area (TPSA) is 83.6 Å². The van der Waals surface area contributed by atoms with E-state index in [-0.39, 0.29) is 5.75 Å². The molecule has 0 atom stereocenters. The zero-order chi connectivity index (χ0) is 13.2. The van der Waals surface area contributed by atoms with Crippen LogP contribution in [0.15, 0.2) is 12.3 Å². The van der Waals surface area contributed by atoms with Gasteiger partial charge < -0.3 is 19.6 Å². The summed E-state index contributed by atoms with van der Waals surface area (Å²) in [7, 11) is 1.29. The van der Waals surface area contributed by atoms with Crippen LogP contribution in [-0.2, 0) is 4.74 Å². The predicted octanol–water partition coefficient (Wildman–Crippen LogP) is 2.19. The van der Waals surface area contributed by atoms with E-state index >= 15 is 0 Å². The van der Waals surface area contributed by atoms with Gasteiger partial charge in [-0.25, -0.2) is 0 Å². The molecule has 0 radical (unpaired) electrons. The first kappa shape index (κ1) is 13.0.